The van der Waals surface area contributed by atoms with Crippen LogP contribution in [-0.4, -0.2) is 37.1 Å². The fourth-order valence-corrected chi connectivity index (χ4v) is 1.58. The zero-order chi connectivity index (χ0) is 12.2. The Kier molecular flexibility index (Phi) is 10.5. The van der Waals surface area contributed by atoms with Crippen LogP contribution in [-0.2, 0) is 9.53 Å². The molecule has 0 aromatic heterocycles. The molecule has 3 nitrogen and oxygen atoms in total. The molecule has 0 radical (unpaired) electrons. The Hall–Kier alpha value is -0.570. The molecule has 0 heterocycles. The molecule has 0 N–H and O–H groups in total. The molecular formula is C13H27NO2. The summed E-state index contributed by atoms with van der Waals surface area (Å²) in [5.74, 6) is -0.0524. The largest absolute Gasteiger partial charge is 0.466 e. The van der Waals surface area contributed by atoms with E-state index in [9.17, 15) is 4.79 Å². The molecule has 0 unspecified atom stereocenters. The van der Waals surface area contributed by atoms with Gasteiger partial charge in [-0.25, -0.2) is 0 Å². The summed E-state index contributed by atoms with van der Waals surface area (Å²) in [6.45, 7) is 9.81. The van der Waals surface area contributed by atoms with Crippen molar-refractivity contribution in [3.8, 4) is 0 Å². The van der Waals surface area contributed by atoms with E-state index in [4.69, 9.17) is 4.74 Å². The number of carbonyl (C=O) groups is 1. The Morgan fingerprint density at radius 1 is 1.06 bits per heavy atom. The number of unbranched alkanes of at least 4 members (excludes halogenated alkanes) is 3. The summed E-state index contributed by atoms with van der Waals surface area (Å²) in [4.78, 5) is 13.6. The predicted molar refractivity (Wildman–Crippen MR) is 67.5 cm³/mol. The van der Waals surface area contributed by atoms with Crippen LogP contribution in [0, 0.1) is 0 Å². The highest BCUT2D eigenvalue weighted by molar-refractivity contribution is 5.69. The predicted octanol–water partition coefficient (Wildman–Crippen LogP) is 2.84. The van der Waals surface area contributed by atoms with E-state index in [1.165, 1.54) is 19.3 Å². The number of esters is 1. The van der Waals surface area contributed by atoms with E-state index in [2.05, 4.69) is 25.7 Å². The molecule has 0 aliphatic rings. The third-order valence-electron chi connectivity index (χ3n) is 2.79. The highest BCUT2D eigenvalue weighted by atomic mass is 16.5. The lowest BCUT2D eigenvalue weighted by Crippen LogP contribution is -2.26. The highest BCUT2D eigenvalue weighted by Gasteiger charge is 2.05. The summed E-state index contributed by atoms with van der Waals surface area (Å²) in [5, 5.41) is 0. The Morgan fingerprint density at radius 2 is 1.75 bits per heavy atom. The lowest BCUT2D eigenvalue weighted by atomic mass is 10.2. The van der Waals surface area contributed by atoms with Gasteiger partial charge in [0.05, 0.1) is 13.0 Å². The van der Waals surface area contributed by atoms with Crippen molar-refractivity contribution in [3.05, 3.63) is 0 Å². The molecule has 96 valence electrons. The lowest BCUT2D eigenvalue weighted by molar-refractivity contribution is -0.144. The maximum atomic E-state index is 11.4. The molecule has 0 saturated heterocycles. The van der Waals surface area contributed by atoms with Crippen molar-refractivity contribution < 1.29 is 9.53 Å². The normalized spacial score (nSPS) is 10.8. The molecule has 0 aliphatic heterocycles. The van der Waals surface area contributed by atoms with Crippen LogP contribution in [0.15, 0.2) is 0 Å². The molecule has 0 aromatic rings. The van der Waals surface area contributed by atoms with Crippen molar-refractivity contribution >= 4 is 5.97 Å². The minimum absolute atomic E-state index is 0.0524. The summed E-state index contributed by atoms with van der Waals surface area (Å²) in [7, 11) is 0. The SMILES string of the molecule is CCCCCCOC(=O)CCN(CC)CC. The van der Waals surface area contributed by atoms with Crippen LogP contribution in [0.4, 0.5) is 0 Å². The fraction of sp³-hybridized carbons (Fsp3) is 0.923. The van der Waals surface area contributed by atoms with Gasteiger partial charge in [-0.1, -0.05) is 40.0 Å². The van der Waals surface area contributed by atoms with Crippen LogP contribution in [0.5, 0.6) is 0 Å². The van der Waals surface area contributed by atoms with Gasteiger partial charge in [0.1, 0.15) is 0 Å². The first-order chi connectivity index (χ1) is 7.74. The van der Waals surface area contributed by atoms with E-state index in [0.717, 1.165) is 26.1 Å². The first-order valence-electron chi connectivity index (χ1n) is 6.62. The second kappa shape index (κ2) is 10.9. The molecule has 0 rings (SSSR count). The average Bonchev–Trinajstić information content (AvgIpc) is 2.30. The van der Waals surface area contributed by atoms with Crippen molar-refractivity contribution in [3.63, 3.8) is 0 Å². The van der Waals surface area contributed by atoms with Gasteiger partial charge < -0.3 is 9.64 Å². The standard InChI is InChI=1S/C13H27NO2/c1-4-7-8-9-12-16-13(15)10-11-14(5-2)6-3/h4-12H2,1-3H3. The molecule has 0 fully saturated rings. The first-order valence-corrected chi connectivity index (χ1v) is 6.62. The topological polar surface area (TPSA) is 29.5 Å². The second-order valence-corrected chi connectivity index (χ2v) is 4.06. The Labute approximate surface area is 100 Å². The number of hydrogen-bond acceptors (Lipinski definition) is 3. The van der Waals surface area contributed by atoms with E-state index < -0.39 is 0 Å². The number of carbonyl (C=O) groups excluding carboxylic acids is 1. The molecule has 16 heavy (non-hydrogen) atoms. The quantitative estimate of drug-likeness (QED) is 0.426. The second-order valence-electron chi connectivity index (χ2n) is 4.06. The van der Waals surface area contributed by atoms with Gasteiger partial charge >= 0.3 is 5.97 Å². The maximum Gasteiger partial charge on any atom is 0.307 e. The van der Waals surface area contributed by atoms with E-state index in [-0.39, 0.29) is 5.97 Å². The third-order valence-corrected chi connectivity index (χ3v) is 2.79. The molecule has 0 amide bonds. The number of hydrogen-bond donors (Lipinski definition) is 0. The molecule has 0 aliphatic carbocycles. The highest BCUT2D eigenvalue weighted by Crippen LogP contribution is 2.00. The minimum Gasteiger partial charge on any atom is -0.466 e. The Bertz CT molecular complexity index is 167. The van der Waals surface area contributed by atoms with Crippen LogP contribution >= 0.6 is 0 Å². The number of nitrogens with zero attached hydrogens (tertiary/aromatic N) is 1. The first kappa shape index (κ1) is 15.4. The summed E-state index contributed by atoms with van der Waals surface area (Å²) in [6, 6.07) is 0. The van der Waals surface area contributed by atoms with Crippen LogP contribution in [0.25, 0.3) is 0 Å². The third kappa shape index (κ3) is 8.72. The summed E-state index contributed by atoms with van der Waals surface area (Å²) < 4.78 is 5.16. The molecule has 0 bridgehead atoms. The number of ether oxygens (including phenoxy) is 1. The zero-order valence-electron chi connectivity index (χ0n) is 11.1. The van der Waals surface area contributed by atoms with Crippen molar-refractivity contribution in [2.24, 2.45) is 0 Å². The van der Waals surface area contributed by atoms with Gasteiger partial charge in [-0.2, -0.15) is 0 Å². The van der Waals surface area contributed by atoms with Crippen LogP contribution in [0.3, 0.4) is 0 Å². The van der Waals surface area contributed by atoms with Gasteiger partial charge in [0, 0.05) is 6.54 Å². The van der Waals surface area contributed by atoms with E-state index in [1.807, 2.05) is 0 Å². The van der Waals surface area contributed by atoms with Gasteiger partial charge in [-0.05, 0) is 19.5 Å². The average molecular weight is 229 g/mol. The maximum absolute atomic E-state index is 11.4. The van der Waals surface area contributed by atoms with Gasteiger partial charge in [0.25, 0.3) is 0 Å². The monoisotopic (exact) mass is 229 g/mol. The van der Waals surface area contributed by atoms with Crippen LogP contribution in [0.1, 0.15) is 52.9 Å². The van der Waals surface area contributed by atoms with Crippen molar-refractivity contribution in [1.29, 1.82) is 0 Å². The lowest BCUT2D eigenvalue weighted by Gasteiger charge is -2.16. The smallest absolute Gasteiger partial charge is 0.307 e. The molecule has 3 heteroatoms. The van der Waals surface area contributed by atoms with Crippen molar-refractivity contribution in [2.75, 3.05) is 26.2 Å². The van der Waals surface area contributed by atoms with E-state index in [1.54, 1.807) is 0 Å². The molecule has 0 atom stereocenters. The van der Waals surface area contributed by atoms with E-state index in [0.29, 0.717) is 13.0 Å². The molecular weight excluding hydrogens is 202 g/mol. The van der Waals surface area contributed by atoms with Gasteiger partial charge in [-0.15, -0.1) is 0 Å². The van der Waals surface area contributed by atoms with Crippen LogP contribution < -0.4 is 0 Å². The van der Waals surface area contributed by atoms with Gasteiger partial charge in [0.15, 0.2) is 0 Å². The molecule has 0 saturated carbocycles. The minimum atomic E-state index is -0.0524. The number of rotatable bonds is 10. The summed E-state index contributed by atoms with van der Waals surface area (Å²) in [6.07, 6.45) is 5.15. The Morgan fingerprint density at radius 3 is 2.31 bits per heavy atom. The van der Waals surface area contributed by atoms with Crippen molar-refractivity contribution in [1.82, 2.24) is 4.90 Å². The Balaban J connectivity index is 3.37. The summed E-state index contributed by atoms with van der Waals surface area (Å²) >= 11 is 0. The van der Waals surface area contributed by atoms with Gasteiger partial charge in [0.2, 0.25) is 0 Å². The fourth-order valence-electron chi connectivity index (χ4n) is 1.58. The zero-order valence-corrected chi connectivity index (χ0v) is 11.1. The van der Waals surface area contributed by atoms with Crippen molar-refractivity contribution in [2.45, 2.75) is 52.9 Å². The van der Waals surface area contributed by atoms with Gasteiger partial charge in [-0.3, -0.25) is 4.79 Å². The molecule has 0 aromatic carbocycles. The molecule has 0 spiro atoms. The van der Waals surface area contributed by atoms with E-state index >= 15 is 0 Å². The summed E-state index contributed by atoms with van der Waals surface area (Å²) in [5.41, 5.74) is 0. The van der Waals surface area contributed by atoms with Crippen LogP contribution in [0.2, 0.25) is 0 Å².